The van der Waals surface area contributed by atoms with Crippen LogP contribution in [0.15, 0.2) is 30.3 Å². The van der Waals surface area contributed by atoms with E-state index in [0.29, 0.717) is 12.7 Å². The summed E-state index contributed by atoms with van der Waals surface area (Å²) in [6.07, 6.45) is 0. The van der Waals surface area contributed by atoms with Gasteiger partial charge in [-0.3, -0.25) is 9.18 Å². The van der Waals surface area contributed by atoms with Crippen LogP contribution in [0.2, 0.25) is 0 Å². The molecule has 0 saturated carbocycles. The molecular weight excluding hydrogens is 145 g/mol. The van der Waals surface area contributed by atoms with Crippen molar-refractivity contribution >= 4 is 5.91 Å². The molecule has 0 aliphatic heterocycles. The fraction of sp³-hybridized carbons (Fsp3) is 0.125. The molecule has 0 aliphatic rings. The Morgan fingerprint density at radius 3 is 2.00 bits per heavy atom. The molecule has 0 heterocycles. The average molecular weight is 155 g/mol. The Labute approximate surface area is 64.8 Å². The van der Waals surface area contributed by atoms with Gasteiger partial charge in [0.1, 0.15) is 0 Å². The van der Waals surface area contributed by atoms with E-state index in [1.807, 2.05) is 6.07 Å². The fourth-order valence-corrected chi connectivity index (χ4v) is 0.602. The van der Waals surface area contributed by atoms with Gasteiger partial charge in [-0.15, -0.1) is 0 Å². The molecule has 0 spiro atoms. The van der Waals surface area contributed by atoms with Gasteiger partial charge in [-0.25, -0.2) is 0 Å². The molecule has 1 aromatic carbocycles. The second-order valence-corrected chi connectivity index (χ2v) is 1.73. The van der Waals surface area contributed by atoms with E-state index in [-0.39, 0.29) is 5.91 Å². The molecular formula is C8H10FNO. The van der Waals surface area contributed by atoms with Gasteiger partial charge < -0.3 is 5.73 Å². The minimum atomic E-state index is -0.379. The lowest BCUT2D eigenvalue weighted by molar-refractivity contribution is 0.100. The van der Waals surface area contributed by atoms with E-state index in [0.717, 1.165) is 0 Å². The van der Waals surface area contributed by atoms with E-state index in [4.69, 9.17) is 5.73 Å². The first kappa shape index (κ1) is 9.62. The number of halogens is 1. The van der Waals surface area contributed by atoms with Gasteiger partial charge in [0.05, 0.1) is 7.18 Å². The van der Waals surface area contributed by atoms with E-state index >= 15 is 0 Å². The van der Waals surface area contributed by atoms with Crippen molar-refractivity contribution in [2.75, 3.05) is 7.18 Å². The van der Waals surface area contributed by atoms with Crippen LogP contribution in [-0.2, 0) is 0 Å². The van der Waals surface area contributed by atoms with Crippen LogP contribution in [0.3, 0.4) is 0 Å². The molecule has 1 rings (SSSR count). The Balaban J connectivity index is 0.000000461. The minimum Gasteiger partial charge on any atom is -0.366 e. The Morgan fingerprint density at radius 1 is 1.27 bits per heavy atom. The Hall–Kier alpha value is -1.38. The van der Waals surface area contributed by atoms with Crippen LogP contribution in [0, 0.1) is 0 Å². The van der Waals surface area contributed by atoms with Crippen molar-refractivity contribution in [2.45, 2.75) is 0 Å². The zero-order chi connectivity index (χ0) is 8.69. The lowest BCUT2D eigenvalue weighted by Gasteiger charge is -1.89. The monoisotopic (exact) mass is 155 g/mol. The van der Waals surface area contributed by atoms with Gasteiger partial charge >= 0.3 is 0 Å². The molecule has 1 amide bonds. The molecule has 0 radical (unpaired) electrons. The summed E-state index contributed by atoms with van der Waals surface area (Å²) in [5.41, 5.74) is 5.53. The third-order valence-corrected chi connectivity index (χ3v) is 1.06. The van der Waals surface area contributed by atoms with Crippen LogP contribution in [0.25, 0.3) is 0 Å². The predicted molar refractivity (Wildman–Crippen MR) is 42.0 cm³/mol. The SMILES string of the molecule is CF.NC(=O)c1ccccc1. The second kappa shape index (κ2) is 5.41. The molecule has 1 aromatic rings. The number of carbonyl (C=O) groups is 1. The number of benzene rings is 1. The van der Waals surface area contributed by atoms with Gasteiger partial charge in [-0.2, -0.15) is 0 Å². The van der Waals surface area contributed by atoms with Gasteiger partial charge in [-0.05, 0) is 12.1 Å². The summed E-state index contributed by atoms with van der Waals surface area (Å²) in [5.74, 6) is -0.379. The number of hydrogen-bond acceptors (Lipinski definition) is 1. The van der Waals surface area contributed by atoms with Crippen LogP contribution < -0.4 is 5.73 Å². The van der Waals surface area contributed by atoms with Gasteiger partial charge in [-0.1, -0.05) is 18.2 Å². The van der Waals surface area contributed by atoms with Gasteiger partial charge in [0.2, 0.25) is 5.91 Å². The van der Waals surface area contributed by atoms with E-state index in [1.54, 1.807) is 24.3 Å². The molecule has 0 fully saturated rings. The summed E-state index contributed by atoms with van der Waals surface area (Å²) in [6.45, 7) is 0. The third-order valence-electron chi connectivity index (χ3n) is 1.06. The molecule has 0 atom stereocenters. The summed E-state index contributed by atoms with van der Waals surface area (Å²) >= 11 is 0. The first-order valence-electron chi connectivity index (χ1n) is 3.03. The summed E-state index contributed by atoms with van der Waals surface area (Å²) in [5, 5.41) is 0. The maximum Gasteiger partial charge on any atom is 0.248 e. The lowest BCUT2D eigenvalue weighted by Crippen LogP contribution is -2.09. The number of rotatable bonds is 1. The molecule has 60 valence electrons. The first-order valence-corrected chi connectivity index (χ1v) is 3.03. The number of hydrogen-bond donors (Lipinski definition) is 1. The van der Waals surface area contributed by atoms with Crippen LogP contribution >= 0.6 is 0 Å². The zero-order valence-corrected chi connectivity index (χ0v) is 6.25. The van der Waals surface area contributed by atoms with Crippen molar-refractivity contribution in [3.8, 4) is 0 Å². The predicted octanol–water partition coefficient (Wildman–Crippen LogP) is 1.37. The van der Waals surface area contributed by atoms with Gasteiger partial charge in [0, 0.05) is 5.56 Å². The standard InChI is InChI=1S/C7H7NO.CH3F/c8-7(9)6-4-2-1-3-5-6;1-2/h1-5H,(H2,8,9);1H3. The normalized spacial score (nSPS) is 7.82. The van der Waals surface area contributed by atoms with E-state index in [2.05, 4.69) is 0 Å². The van der Waals surface area contributed by atoms with Crippen molar-refractivity contribution in [3.63, 3.8) is 0 Å². The zero-order valence-electron chi connectivity index (χ0n) is 6.25. The number of primary amides is 1. The van der Waals surface area contributed by atoms with Crippen LogP contribution in [0.1, 0.15) is 10.4 Å². The van der Waals surface area contributed by atoms with Crippen molar-refractivity contribution in [1.29, 1.82) is 0 Å². The summed E-state index contributed by atoms with van der Waals surface area (Å²) in [7, 11) is 0.500. The molecule has 0 bridgehead atoms. The molecule has 3 heteroatoms. The molecule has 2 nitrogen and oxygen atoms in total. The average Bonchev–Trinajstić information content (AvgIpc) is 2.10. The van der Waals surface area contributed by atoms with E-state index in [1.165, 1.54) is 0 Å². The lowest BCUT2D eigenvalue weighted by atomic mass is 10.2. The number of alkyl halides is 1. The highest BCUT2D eigenvalue weighted by atomic mass is 19.1. The minimum absolute atomic E-state index is 0.379. The Bertz CT molecular complexity index is 211. The van der Waals surface area contributed by atoms with Crippen LogP contribution in [0.4, 0.5) is 4.39 Å². The van der Waals surface area contributed by atoms with Crippen LogP contribution in [-0.4, -0.2) is 13.1 Å². The Morgan fingerprint density at radius 2 is 1.73 bits per heavy atom. The summed E-state index contributed by atoms with van der Waals surface area (Å²) in [6, 6.07) is 8.76. The molecule has 0 aromatic heterocycles. The van der Waals surface area contributed by atoms with Crippen LogP contribution in [0.5, 0.6) is 0 Å². The van der Waals surface area contributed by atoms with Gasteiger partial charge in [0.25, 0.3) is 0 Å². The highest BCUT2D eigenvalue weighted by molar-refractivity contribution is 5.92. The smallest absolute Gasteiger partial charge is 0.248 e. The molecule has 0 saturated heterocycles. The third kappa shape index (κ3) is 3.35. The number of nitrogens with two attached hydrogens (primary N) is 1. The quantitative estimate of drug-likeness (QED) is 0.654. The van der Waals surface area contributed by atoms with Gasteiger partial charge in [0.15, 0.2) is 0 Å². The number of amides is 1. The first-order chi connectivity index (χ1) is 5.30. The summed E-state index contributed by atoms with van der Waals surface area (Å²) < 4.78 is 9.50. The largest absolute Gasteiger partial charge is 0.366 e. The molecule has 2 N–H and O–H groups in total. The highest BCUT2D eigenvalue weighted by Crippen LogP contribution is 1.94. The maximum atomic E-state index is 10.4. The van der Waals surface area contributed by atoms with Crippen molar-refractivity contribution in [3.05, 3.63) is 35.9 Å². The molecule has 11 heavy (non-hydrogen) atoms. The molecule has 0 aliphatic carbocycles. The molecule has 0 unspecified atom stereocenters. The highest BCUT2D eigenvalue weighted by Gasteiger charge is 1.93. The van der Waals surface area contributed by atoms with E-state index in [9.17, 15) is 9.18 Å². The number of carbonyl (C=O) groups excluding carboxylic acids is 1. The maximum absolute atomic E-state index is 10.4. The van der Waals surface area contributed by atoms with Crippen molar-refractivity contribution in [2.24, 2.45) is 5.73 Å². The van der Waals surface area contributed by atoms with Crippen molar-refractivity contribution in [1.82, 2.24) is 0 Å². The summed E-state index contributed by atoms with van der Waals surface area (Å²) in [4.78, 5) is 10.4. The van der Waals surface area contributed by atoms with E-state index < -0.39 is 0 Å². The fourth-order valence-electron chi connectivity index (χ4n) is 0.602. The Kier molecular flexibility index (Phi) is 4.73. The second-order valence-electron chi connectivity index (χ2n) is 1.73. The van der Waals surface area contributed by atoms with Crippen molar-refractivity contribution < 1.29 is 9.18 Å². The topological polar surface area (TPSA) is 43.1 Å².